The van der Waals surface area contributed by atoms with Gasteiger partial charge in [0.15, 0.2) is 0 Å². The maximum atomic E-state index is 4.59. The van der Waals surface area contributed by atoms with Gasteiger partial charge in [0.2, 0.25) is 0 Å². The van der Waals surface area contributed by atoms with Crippen molar-refractivity contribution in [2.24, 2.45) is 11.8 Å². The van der Waals surface area contributed by atoms with E-state index in [0.717, 1.165) is 25.6 Å². The summed E-state index contributed by atoms with van der Waals surface area (Å²) in [4.78, 5) is 7.28. The number of nitrogens with zero attached hydrogens (tertiary/aromatic N) is 2. The fraction of sp³-hybridized carbons (Fsp3) is 0.706. The van der Waals surface area contributed by atoms with Gasteiger partial charge >= 0.3 is 0 Å². The number of piperazine rings is 1. The Labute approximate surface area is 122 Å². The molecule has 2 atom stereocenters. The second kappa shape index (κ2) is 5.82. The summed E-state index contributed by atoms with van der Waals surface area (Å²) in [7, 11) is 0. The highest BCUT2D eigenvalue weighted by atomic mass is 15.2. The summed E-state index contributed by atoms with van der Waals surface area (Å²) in [5.74, 6) is 1.61. The van der Waals surface area contributed by atoms with Gasteiger partial charge in [0, 0.05) is 37.9 Å². The smallest absolute Gasteiger partial charge is 0.0573 e. The minimum atomic E-state index is 0.619. The highest BCUT2D eigenvalue weighted by Gasteiger charge is 2.39. The second-order valence-electron chi connectivity index (χ2n) is 6.86. The maximum absolute atomic E-state index is 4.59. The maximum Gasteiger partial charge on any atom is 0.0573 e. The SMILES string of the molecule is Cc1cccnc1CN1CC(C(C)C)NCC1C1CC1. The van der Waals surface area contributed by atoms with Crippen LogP contribution in [-0.2, 0) is 6.54 Å². The molecule has 1 saturated heterocycles. The minimum absolute atomic E-state index is 0.619. The van der Waals surface area contributed by atoms with Crippen LogP contribution in [0.3, 0.4) is 0 Å². The molecule has 1 aromatic rings. The molecule has 110 valence electrons. The molecule has 1 aromatic heterocycles. The normalized spacial score (nSPS) is 28.0. The van der Waals surface area contributed by atoms with Gasteiger partial charge in [-0.15, -0.1) is 0 Å². The van der Waals surface area contributed by atoms with Crippen molar-refractivity contribution in [3.8, 4) is 0 Å². The van der Waals surface area contributed by atoms with Gasteiger partial charge in [-0.1, -0.05) is 19.9 Å². The van der Waals surface area contributed by atoms with Crippen LogP contribution in [0.25, 0.3) is 0 Å². The molecule has 1 aliphatic heterocycles. The van der Waals surface area contributed by atoms with Crippen LogP contribution in [-0.4, -0.2) is 35.1 Å². The van der Waals surface area contributed by atoms with Crippen LogP contribution in [0.4, 0.5) is 0 Å². The number of aryl methyl sites for hydroxylation is 1. The fourth-order valence-electron chi connectivity index (χ4n) is 3.30. The lowest BCUT2D eigenvalue weighted by Crippen LogP contribution is -2.58. The number of rotatable bonds is 4. The Morgan fingerprint density at radius 3 is 2.85 bits per heavy atom. The van der Waals surface area contributed by atoms with Gasteiger partial charge in [-0.05, 0) is 43.2 Å². The Balaban J connectivity index is 1.74. The number of pyridine rings is 1. The Morgan fingerprint density at radius 2 is 2.20 bits per heavy atom. The van der Waals surface area contributed by atoms with E-state index < -0.39 is 0 Å². The lowest BCUT2D eigenvalue weighted by molar-refractivity contribution is 0.0912. The van der Waals surface area contributed by atoms with Crippen LogP contribution in [0, 0.1) is 18.8 Å². The first-order chi connectivity index (χ1) is 9.65. The molecule has 2 unspecified atom stereocenters. The van der Waals surface area contributed by atoms with Crippen LogP contribution in [0.15, 0.2) is 18.3 Å². The Morgan fingerprint density at radius 1 is 1.40 bits per heavy atom. The van der Waals surface area contributed by atoms with Gasteiger partial charge < -0.3 is 5.32 Å². The van der Waals surface area contributed by atoms with E-state index in [2.05, 4.69) is 42.0 Å². The quantitative estimate of drug-likeness (QED) is 0.914. The first-order valence-corrected chi connectivity index (χ1v) is 8.03. The summed E-state index contributed by atoms with van der Waals surface area (Å²) in [6.45, 7) is 10.1. The molecule has 1 saturated carbocycles. The van der Waals surface area contributed by atoms with Crippen molar-refractivity contribution in [2.75, 3.05) is 13.1 Å². The molecule has 2 heterocycles. The lowest BCUT2D eigenvalue weighted by Gasteiger charge is -2.42. The Kier molecular flexibility index (Phi) is 4.08. The second-order valence-corrected chi connectivity index (χ2v) is 6.86. The number of hydrogen-bond acceptors (Lipinski definition) is 3. The van der Waals surface area contributed by atoms with Crippen LogP contribution in [0.1, 0.15) is 37.9 Å². The molecule has 0 spiro atoms. The molecule has 0 amide bonds. The first kappa shape index (κ1) is 14.0. The van der Waals surface area contributed by atoms with Crippen molar-refractivity contribution in [3.63, 3.8) is 0 Å². The largest absolute Gasteiger partial charge is 0.311 e. The van der Waals surface area contributed by atoms with Crippen molar-refractivity contribution in [2.45, 2.75) is 52.2 Å². The summed E-state index contributed by atoms with van der Waals surface area (Å²) >= 11 is 0. The van der Waals surface area contributed by atoms with Crippen molar-refractivity contribution in [3.05, 3.63) is 29.6 Å². The summed E-state index contributed by atoms with van der Waals surface area (Å²) < 4.78 is 0. The molecule has 1 aliphatic carbocycles. The predicted octanol–water partition coefficient (Wildman–Crippen LogP) is 2.60. The zero-order valence-corrected chi connectivity index (χ0v) is 13.0. The molecule has 0 bridgehead atoms. The first-order valence-electron chi connectivity index (χ1n) is 8.03. The average molecular weight is 273 g/mol. The molecule has 3 heteroatoms. The molecule has 3 nitrogen and oxygen atoms in total. The minimum Gasteiger partial charge on any atom is -0.311 e. The predicted molar refractivity (Wildman–Crippen MR) is 82.5 cm³/mol. The Bertz CT molecular complexity index is 453. The van der Waals surface area contributed by atoms with E-state index in [-0.39, 0.29) is 0 Å². The molecule has 2 aliphatic rings. The lowest BCUT2D eigenvalue weighted by atomic mass is 9.97. The van der Waals surface area contributed by atoms with E-state index in [9.17, 15) is 0 Å². The van der Waals surface area contributed by atoms with Gasteiger partial charge in [-0.3, -0.25) is 9.88 Å². The third kappa shape index (κ3) is 3.04. The van der Waals surface area contributed by atoms with Crippen molar-refractivity contribution in [1.29, 1.82) is 0 Å². The highest BCUT2D eigenvalue weighted by Crippen LogP contribution is 2.37. The fourth-order valence-corrected chi connectivity index (χ4v) is 3.30. The average Bonchev–Trinajstić information content (AvgIpc) is 3.25. The number of nitrogens with one attached hydrogen (secondary N) is 1. The van der Waals surface area contributed by atoms with Gasteiger partial charge in [-0.2, -0.15) is 0 Å². The van der Waals surface area contributed by atoms with Crippen LogP contribution >= 0.6 is 0 Å². The van der Waals surface area contributed by atoms with E-state index in [1.165, 1.54) is 24.1 Å². The zero-order valence-electron chi connectivity index (χ0n) is 13.0. The van der Waals surface area contributed by atoms with Gasteiger partial charge in [-0.25, -0.2) is 0 Å². The monoisotopic (exact) mass is 273 g/mol. The van der Waals surface area contributed by atoms with E-state index in [0.29, 0.717) is 18.0 Å². The highest BCUT2D eigenvalue weighted by molar-refractivity contribution is 5.18. The van der Waals surface area contributed by atoms with E-state index >= 15 is 0 Å². The van der Waals surface area contributed by atoms with Crippen LogP contribution in [0.2, 0.25) is 0 Å². The van der Waals surface area contributed by atoms with Crippen LogP contribution in [0.5, 0.6) is 0 Å². The molecular weight excluding hydrogens is 246 g/mol. The molecule has 0 radical (unpaired) electrons. The van der Waals surface area contributed by atoms with Crippen molar-refractivity contribution in [1.82, 2.24) is 15.2 Å². The standard InChI is InChI=1S/C17H27N3/c1-12(2)15-10-20(17(9-19-15)14-6-7-14)11-16-13(3)5-4-8-18-16/h4-5,8,12,14-15,17,19H,6-7,9-11H2,1-3H3. The third-order valence-corrected chi connectivity index (χ3v) is 4.93. The van der Waals surface area contributed by atoms with Gasteiger partial charge in [0.1, 0.15) is 0 Å². The van der Waals surface area contributed by atoms with Crippen LogP contribution < -0.4 is 5.32 Å². The third-order valence-electron chi connectivity index (χ3n) is 4.93. The van der Waals surface area contributed by atoms with E-state index in [1.54, 1.807) is 0 Å². The Hall–Kier alpha value is -0.930. The van der Waals surface area contributed by atoms with Crippen molar-refractivity contribution >= 4 is 0 Å². The van der Waals surface area contributed by atoms with E-state index in [1.807, 2.05) is 12.3 Å². The van der Waals surface area contributed by atoms with Crippen molar-refractivity contribution < 1.29 is 0 Å². The molecule has 0 aromatic carbocycles. The molecule has 2 fully saturated rings. The molecular formula is C17H27N3. The van der Waals surface area contributed by atoms with E-state index in [4.69, 9.17) is 0 Å². The molecule has 20 heavy (non-hydrogen) atoms. The zero-order chi connectivity index (χ0) is 14.1. The topological polar surface area (TPSA) is 28.2 Å². The number of aromatic nitrogens is 1. The summed E-state index contributed by atoms with van der Waals surface area (Å²) in [6, 6.07) is 5.54. The van der Waals surface area contributed by atoms with Gasteiger partial charge in [0.25, 0.3) is 0 Å². The summed E-state index contributed by atoms with van der Waals surface area (Å²) in [6.07, 6.45) is 4.75. The molecule has 1 N–H and O–H groups in total. The van der Waals surface area contributed by atoms with Gasteiger partial charge in [0.05, 0.1) is 5.69 Å². The molecule has 3 rings (SSSR count). The summed E-state index contributed by atoms with van der Waals surface area (Å²) in [5, 5.41) is 3.76. The number of hydrogen-bond donors (Lipinski definition) is 1. The summed E-state index contributed by atoms with van der Waals surface area (Å²) in [5.41, 5.74) is 2.57.